The second-order valence-corrected chi connectivity index (χ2v) is 7.67. The van der Waals surface area contributed by atoms with Gasteiger partial charge in [-0.1, -0.05) is 0 Å². The van der Waals surface area contributed by atoms with Crippen molar-refractivity contribution >= 4 is 11.9 Å². The number of anilines is 1. The van der Waals surface area contributed by atoms with Crippen LogP contribution in [0.3, 0.4) is 0 Å². The number of nitrogens with zero attached hydrogens (tertiary/aromatic N) is 5. The summed E-state index contributed by atoms with van der Waals surface area (Å²) in [5.41, 5.74) is 7.84. The Kier molecular flexibility index (Phi) is 4.13. The molecule has 2 N–H and O–H groups in total. The summed E-state index contributed by atoms with van der Waals surface area (Å²) in [6.07, 6.45) is 5.95. The van der Waals surface area contributed by atoms with Gasteiger partial charge in [0.15, 0.2) is 11.6 Å². The molecule has 1 aromatic rings. The number of hydrogen-bond donors (Lipinski definition) is 1. The van der Waals surface area contributed by atoms with E-state index < -0.39 is 0 Å². The van der Waals surface area contributed by atoms with Crippen LogP contribution >= 0.6 is 0 Å². The van der Waals surface area contributed by atoms with Gasteiger partial charge in [0, 0.05) is 31.7 Å². The number of imidazole rings is 1. The van der Waals surface area contributed by atoms with Crippen molar-refractivity contribution in [2.75, 3.05) is 18.8 Å². The Morgan fingerprint density at radius 1 is 1.34 bits per heavy atom. The van der Waals surface area contributed by atoms with E-state index in [0.29, 0.717) is 35.1 Å². The Hall–Kier alpha value is -3.20. The van der Waals surface area contributed by atoms with Crippen molar-refractivity contribution in [3.63, 3.8) is 0 Å². The summed E-state index contributed by atoms with van der Waals surface area (Å²) in [5.74, 6) is 2.29. The number of fused-ring (bicyclic) bond motifs is 3. The van der Waals surface area contributed by atoms with Crippen LogP contribution in [-0.2, 0) is 6.54 Å². The third kappa shape index (κ3) is 3.07. The molecule has 5 rings (SSSR count). The molecule has 1 saturated heterocycles. The number of likely N-dealkylation sites (tertiary alicyclic amines) is 1. The number of ether oxygens (including phenoxy) is 1. The third-order valence-electron chi connectivity index (χ3n) is 5.69. The van der Waals surface area contributed by atoms with E-state index in [0.717, 1.165) is 30.9 Å². The molecule has 0 bridgehead atoms. The van der Waals surface area contributed by atoms with Crippen molar-refractivity contribution in [2.45, 2.75) is 39.0 Å². The molecule has 0 spiro atoms. The number of piperidine rings is 1. The summed E-state index contributed by atoms with van der Waals surface area (Å²) >= 11 is 0. The average Bonchev–Trinajstić information content (AvgIpc) is 3.19. The summed E-state index contributed by atoms with van der Waals surface area (Å²) in [4.78, 5) is 27.3. The molecule has 0 unspecified atom stereocenters. The van der Waals surface area contributed by atoms with Gasteiger partial charge in [0.05, 0.1) is 6.33 Å². The number of aromatic nitrogens is 4. The lowest BCUT2D eigenvalue weighted by Crippen LogP contribution is -2.48. The molecule has 1 fully saturated rings. The van der Waals surface area contributed by atoms with Crippen molar-refractivity contribution in [1.29, 1.82) is 0 Å². The molecular formula is C20H22N6O3. The topological polar surface area (TPSA) is 112 Å². The lowest BCUT2D eigenvalue weighted by Gasteiger charge is -2.40. The van der Waals surface area contributed by atoms with Crippen LogP contribution in [-0.4, -0.2) is 49.7 Å². The minimum Gasteiger partial charge on any atom is -0.484 e. The number of aryl methyl sites for hydroxylation is 1. The quantitative estimate of drug-likeness (QED) is 0.712. The summed E-state index contributed by atoms with van der Waals surface area (Å²) in [6, 6.07) is 2.02. The Labute approximate surface area is 167 Å². The Morgan fingerprint density at radius 2 is 2.21 bits per heavy atom. The monoisotopic (exact) mass is 394 g/mol. The number of nitrogen functional groups attached to an aromatic ring is 1. The Bertz CT molecular complexity index is 1130. The summed E-state index contributed by atoms with van der Waals surface area (Å²) in [6.45, 7) is 6.29. The lowest BCUT2D eigenvalue weighted by molar-refractivity contribution is 0.0924. The van der Waals surface area contributed by atoms with Gasteiger partial charge < -0.3 is 19.5 Å². The predicted molar refractivity (Wildman–Crippen MR) is 107 cm³/mol. The van der Waals surface area contributed by atoms with E-state index in [4.69, 9.17) is 14.9 Å². The fourth-order valence-electron chi connectivity index (χ4n) is 4.13. The molecule has 0 radical (unpaired) electrons. The molecule has 0 aromatic carbocycles. The molecule has 29 heavy (non-hydrogen) atoms. The first-order chi connectivity index (χ1) is 14.0. The highest BCUT2D eigenvalue weighted by atomic mass is 16.5. The molecule has 4 aliphatic rings. The van der Waals surface area contributed by atoms with E-state index in [9.17, 15) is 4.79 Å². The largest absolute Gasteiger partial charge is 0.484 e. The van der Waals surface area contributed by atoms with E-state index in [-0.39, 0.29) is 17.8 Å². The van der Waals surface area contributed by atoms with Crippen molar-refractivity contribution < 1.29 is 9.15 Å². The SMILES string of the molecule is Cc1cc2c(c(=O)o1)C=C1CCN([C@H](C)Cn3cnc(N)c4ncnc3-4)C[C@@H]1O2. The zero-order valence-corrected chi connectivity index (χ0v) is 16.3. The van der Waals surface area contributed by atoms with Crippen molar-refractivity contribution in [3.05, 3.63) is 46.0 Å². The third-order valence-corrected chi connectivity index (χ3v) is 5.69. The number of rotatable bonds is 3. The molecule has 0 saturated carbocycles. The van der Waals surface area contributed by atoms with Crippen molar-refractivity contribution in [1.82, 2.24) is 24.4 Å². The van der Waals surface area contributed by atoms with Gasteiger partial charge in [-0.3, -0.25) is 4.90 Å². The average molecular weight is 394 g/mol. The van der Waals surface area contributed by atoms with E-state index in [1.807, 2.05) is 10.6 Å². The van der Waals surface area contributed by atoms with Gasteiger partial charge in [0.1, 0.15) is 35.2 Å². The molecule has 0 amide bonds. The van der Waals surface area contributed by atoms with Gasteiger partial charge in [0.2, 0.25) is 0 Å². The van der Waals surface area contributed by atoms with Crippen LogP contribution in [0.4, 0.5) is 5.82 Å². The summed E-state index contributed by atoms with van der Waals surface area (Å²) in [5, 5.41) is 0. The van der Waals surface area contributed by atoms with Crippen molar-refractivity contribution in [2.24, 2.45) is 0 Å². The van der Waals surface area contributed by atoms with Gasteiger partial charge in [-0.15, -0.1) is 0 Å². The minimum absolute atomic E-state index is 0.0619. The first kappa shape index (κ1) is 17.9. The fraction of sp³-hybridized carbons (Fsp3) is 0.400. The summed E-state index contributed by atoms with van der Waals surface area (Å²) in [7, 11) is 0. The van der Waals surface area contributed by atoms with Crippen LogP contribution in [0.25, 0.3) is 17.6 Å². The molecular weight excluding hydrogens is 372 g/mol. The van der Waals surface area contributed by atoms with E-state index in [2.05, 4.69) is 26.8 Å². The summed E-state index contributed by atoms with van der Waals surface area (Å²) < 4.78 is 13.4. The maximum absolute atomic E-state index is 12.1. The van der Waals surface area contributed by atoms with Crippen LogP contribution in [0.5, 0.6) is 5.75 Å². The standard InChI is InChI=1S/C20H22N6O3/c1-11(7-26-10-24-18(21)17-19(26)23-9-22-17)25-4-3-13-6-14-15(29-16(13)8-25)5-12(2)28-20(14)27/h5-6,9-11,16H,3-4,7-8,21H2,1-2H3/t11-,16+/m1/s1. The molecule has 9 nitrogen and oxygen atoms in total. The zero-order chi connectivity index (χ0) is 20.1. The van der Waals surface area contributed by atoms with Crippen LogP contribution in [0.1, 0.15) is 24.7 Å². The molecule has 0 aliphatic carbocycles. The van der Waals surface area contributed by atoms with E-state index in [1.165, 1.54) is 6.33 Å². The Morgan fingerprint density at radius 3 is 3.07 bits per heavy atom. The van der Waals surface area contributed by atoms with Gasteiger partial charge in [-0.05, 0) is 31.9 Å². The molecule has 4 aliphatic heterocycles. The molecule has 1 aromatic heterocycles. The van der Waals surface area contributed by atoms with Gasteiger partial charge in [-0.2, -0.15) is 0 Å². The highest BCUT2D eigenvalue weighted by molar-refractivity contribution is 5.64. The second-order valence-electron chi connectivity index (χ2n) is 7.67. The van der Waals surface area contributed by atoms with Crippen LogP contribution in [0.2, 0.25) is 0 Å². The van der Waals surface area contributed by atoms with Gasteiger partial charge in [0.25, 0.3) is 0 Å². The highest BCUT2D eigenvalue weighted by Gasteiger charge is 2.33. The molecule has 2 atom stereocenters. The maximum Gasteiger partial charge on any atom is 0.346 e. The van der Waals surface area contributed by atoms with Crippen LogP contribution < -0.4 is 16.1 Å². The molecule has 150 valence electrons. The van der Waals surface area contributed by atoms with Crippen LogP contribution in [0.15, 0.2) is 33.5 Å². The minimum atomic E-state index is -0.339. The predicted octanol–water partition coefficient (Wildman–Crippen LogP) is 1.56. The Balaban J connectivity index is 1.34. The van der Waals surface area contributed by atoms with E-state index in [1.54, 1.807) is 19.3 Å². The van der Waals surface area contributed by atoms with E-state index >= 15 is 0 Å². The fourth-order valence-corrected chi connectivity index (χ4v) is 4.13. The number of hydrogen-bond acceptors (Lipinski definition) is 8. The highest BCUT2D eigenvalue weighted by Crippen LogP contribution is 2.33. The normalized spacial score (nSPS) is 19.9. The first-order valence-electron chi connectivity index (χ1n) is 9.67. The van der Waals surface area contributed by atoms with Gasteiger partial charge >= 0.3 is 5.63 Å². The first-order valence-corrected chi connectivity index (χ1v) is 9.67. The van der Waals surface area contributed by atoms with Crippen molar-refractivity contribution in [3.8, 4) is 17.3 Å². The zero-order valence-electron chi connectivity index (χ0n) is 16.3. The van der Waals surface area contributed by atoms with Crippen LogP contribution in [0, 0.1) is 6.92 Å². The smallest absolute Gasteiger partial charge is 0.346 e. The molecule has 5 heterocycles. The lowest BCUT2D eigenvalue weighted by atomic mass is 9.95. The molecule has 9 heteroatoms. The second kappa shape index (κ2) is 6.70. The van der Waals surface area contributed by atoms with Gasteiger partial charge in [-0.25, -0.2) is 19.7 Å². The number of nitrogens with two attached hydrogens (primary N) is 1. The maximum atomic E-state index is 12.1.